The number of aromatic nitrogens is 2. The van der Waals surface area contributed by atoms with Crippen LogP contribution < -0.4 is 4.90 Å². The summed E-state index contributed by atoms with van der Waals surface area (Å²) >= 11 is 0. The molecule has 6 heteroatoms. The lowest BCUT2D eigenvalue weighted by Gasteiger charge is -2.39. The largest absolute Gasteiger partial charge is 0.341 e. The maximum Gasteiger partial charge on any atom is 0.226 e. The van der Waals surface area contributed by atoms with Crippen molar-refractivity contribution in [2.45, 2.75) is 59.4 Å². The summed E-state index contributed by atoms with van der Waals surface area (Å²) in [6, 6.07) is 0.612. The zero-order valence-corrected chi connectivity index (χ0v) is 17.4. The Morgan fingerprint density at radius 3 is 2.56 bits per heavy atom. The highest BCUT2D eigenvalue weighted by molar-refractivity contribution is 5.79. The molecule has 2 atom stereocenters. The van der Waals surface area contributed by atoms with Crippen LogP contribution in [0.3, 0.4) is 0 Å². The molecule has 3 rings (SSSR count). The van der Waals surface area contributed by atoms with Crippen molar-refractivity contribution in [3.05, 3.63) is 17.5 Å². The van der Waals surface area contributed by atoms with Gasteiger partial charge in [0.15, 0.2) is 0 Å². The van der Waals surface area contributed by atoms with E-state index in [1.165, 1.54) is 6.42 Å². The van der Waals surface area contributed by atoms with Gasteiger partial charge in [-0.25, -0.2) is 9.97 Å². The summed E-state index contributed by atoms with van der Waals surface area (Å²) in [5.41, 5.74) is 2.30. The first kappa shape index (κ1) is 20.1. The number of amides is 1. The van der Waals surface area contributed by atoms with Gasteiger partial charge in [0.25, 0.3) is 0 Å². The monoisotopic (exact) mass is 373 g/mol. The number of rotatable bonds is 6. The third kappa shape index (κ3) is 4.42. The molecule has 2 heterocycles. The number of nitrogens with zero attached hydrogens (tertiary/aromatic N) is 5. The highest BCUT2D eigenvalue weighted by Gasteiger charge is 2.31. The van der Waals surface area contributed by atoms with Gasteiger partial charge in [-0.2, -0.15) is 0 Å². The molecule has 27 heavy (non-hydrogen) atoms. The molecule has 0 aromatic carbocycles. The number of hydrogen-bond donors (Lipinski definition) is 0. The molecule has 1 aromatic heterocycles. The summed E-state index contributed by atoms with van der Waals surface area (Å²) in [5, 5.41) is 0. The van der Waals surface area contributed by atoms with Crippen molar-refractivity contribution in [3.8, 4) is 0 Å². The van der Waals surface area contributed by atoms with Crippen molar-refractivity contribution in [1.29, 1.82) is 0 Å². The highest BCUT2D eigenvalue weighted by atomic mass is 16.2. The van der Waals surface area contributed by atoms with E-state index in [2.05, 4.69) is 47.4 Å². The molecule has 1 aliphatic carbocycles. The number of carbonyl (C=O) groups is 1. The number of aryl methyl sites for hydroxylation is 1. The van der Waals surface area contributed by atoms with Gasteiger partial charge >= 0.3 is 0 Å². The van der Waals surface area contributed by atoms with E-state index in [0.717, 1.165) is 75.7 Å². The molecule has 2 unspecified atom stereocenters. The Hall–Kier alpha value is -1.69. The molecule has 1 amide bonds. The van der Waals surface area contributed by atoms with Crippen molar-refractivity contribution < 1.29 is 4.79 Å². The smallest absolute Gasteiger partial charge is 0.226 e. The first-order valence-electron chi connectivity index (χ1n) is 10.7. The van der Waals surface area contributed by atoms with Crippen LogP contribution in [0.5, 0.6) is 0 Å². The van der Waals surface area contributed by atoms with Gasteiger partial charge in [-0.05, 0) is 52.0 Å². The van der Waals surface area contributed by atoms with E-state index >= 15 is 0 Å². The highest BCUT2D eigenvalue weighted by Crippen LogP contribution is 2.27. The van der Waals surface area contributed by atoms with Crippen LogP contribution in [0.15, 0.2) is 6.20 Å². The molecule has 0 saturated carbocycles. The van der Waals surface area contributed by atoms with Gasteiger partial charge in [0.2, 0.25) is 11.9 Å². The molecule has 1 aromatic rings. The van der Waals surface area contributed by atoms with Crippen molar-refractivity contribution >= 4 is 11.9 Å². The Morgan fingerprint density at radius 1 is 1.22 bits per heavy atom. The molecule has 0 spiro atoms. The van der Waals surface area contributed by atoms with Crippen LogP contribution >= 0.6 is 0 Å². The van der Waals surface area contributed by atoms with Gasteiger partial charge in [-0.3, -0.25) is 9.69 Å². The molecule has 1 fully saturated rings. The van der Waals surface area contributed by atoms with Gasteiger partial charge in [0.1, 0.15) is 0 Å². The Bertz CT molecular complexity index is 637. The summed E-state index contributed by atoms with van der Waals surface area (Å²) in [4.78, 5) is 29.1. The molecule has 0 bridgehead atoms. The second-order valence-corrected chi connectivity index (χ2v) is 7.87. The van der Waals surface area contributed by atoms with Crippen LogP contribution in [0, 0.1) is 5.92 Å². The van der Waals surface area contributed by atoms with Gasteiger partial charge in [0, 0.05) is 63.1 Å². The van der Waals surface area contributed by atoms with Gasteiger partial charge in [-0.1, -0.05) is 6.92 Å². The fourth-order valence-corrected chi connectivity index (χ4v) is 4.27. The Labute approximate surface area is 164 Å². The van der Waals surface area contributed by atoms with Crippen LogP contribution in [0.4, 0.5) is 5.95 Å². The third-order valence-electron chi connectivity index (χ3n) is 6.37. The summed E-state index contributed by atoms with van der Waals surface area (Å²) in [7, 11) is 0. The molecular formula is C21H35N5O. The van der Waals surface area contributed by atoms with Gasteiger partial charge in [-0.15, -0.1) is 0 Å². The maximum absolute atomic E-state index is 13.0. The van der Waals surface area contributed by atoms with Crippen molar-refractivity contribution in [3.63, 3.8) is 0 Å². The number of hydrogen-bond acceptors (Lipinski definition) is 5. The van der Waals surface area contributed by atoms with E-state index in [-0.39, 0.29) is 5.92 Å². The number of fused-ring (bicyclic) bond motifs is 1. The summed E-state index contributed by atoms with van der Waals surface area (Å²) in [6.07, 6.45) is 5.71. The zero-order chi connectivity index (χ0) is 19.4. The normalized spacial score (nSPS) is 21.6. The Kier molecular flexibility index (Phi) is 6.68. The fourth-order valence-electron chi connectivity index (χ4n) is 4.27. The molecule has 1 aliphatic heterocycles. The van der Waals surface area contributed by atoms with E-state index in [1.54, 1.807) is 0 Å². The van der Waals surface area contributed by atoms with Crippen LogP contribution in [-0.4, -0.2) is 71.0 Å². The molecule has 1 saturated heterocycles. The summed E-state index contributed by atoms with van der Waals surface area (Å²) < 4.78 is 0. The average molecular weight is 374 g/mol. The first-order chi connectivity index (χ1) is 13.1. The third-order valence-corrected chi connectivity index (χ3v) is 6.37. The van der Waals surface area contributed by atoms with Crippen LogP contribution in [0.1, 0.15) is 51.8 Å². The predicted molar refractivity (Wildman–Crippen MR) is 109 cm³/mol. The second kappa shape index (κ2) is 9.00. The molecular weight excluding hydrogens is 338 g/mol. The van der Waals surface area contributed by atoms with E-state index in [1.807, 2.05) is 6.20 Å². The van der Waals surface area contributed by atoms with Crippen LogP contribution in [0.2, 0.25) is 0 Å². The van der Waals surface area contributed by atoms with Gasteiger partial charge in [0.05, 0.1) is 0 Å². The van der Waals surface area contributed by atoms with Gasteiger partial charge < -0.3 is 9.80 Å². The molecule has 2 aliphatic rings. The number of anilines is 1. The quantitative estimate of drug-likeness (QED) is 0.766. The summed E-state index contributed by atoms with van der Waals surface area (Å²) in [6.45, 7) is 14.3. The molecule has 0 N–H and O–H groups in total. The lowest BCUT2D eigenvalue weighted by Crippen LogP contribution is -2.52. The van der Waals surface area contributed by atoms with Crippen molar-refractivity contribution in [1.82, 2.24) is 19.8 Å². The molecule has 150 valence electrons. The van der Waals surface area contributed by atoms with Crippen molar-refractivity contribution in [2.24, 2.45) is 5.92 Å². The molecule has 0 radical (unpaired) electrons. The fraction of sp³-hybridized carbons (Fsp3) is 0.762. The summed E-state index contributed by atoms with van der Waals surface area (Å²) in [5.74, 6) is 1.25. The maximum atomic E-state index is 13.0. The lowest BCUT2D eigenvalue weighted by atomic mass is 9.86. The van der Waals surface area contributed by atoms with E-state index in [9.17, 15) is 4.79 Å². The topological polar surface area (TPSA) is 52.6 Å². The standard InChI is InChI=1S/C21H35N5O/c1-5-16(4)25-10-12-26(13-11-25)20(27)17-8-9-19-18(14-17)15-22-21(23-19)24(6-2)7-3/h15-17H,5-14H2,1-4H3. The minimum Gasteiger partial charge on any atom is -0.341 e. The second-order valence-electron chi connectivity index (χ2n) is 7.87. The van der Waals surface area contributed by atoms with Crippen molar-refractivity contribution in [2.75, 3.05) is 44.2 Å². The van der Waals surface area contributed by atoms with Crippen LogP contribution in [-0.2, 0) is 17.6 Å². The predicted octanol–water partition coefficient (Wildman–Crippen LogP) is 2.37. The Balaban J connectivity index is 1.60. The minimum atomic E-state index is 0.0931. The SMILES string of the molecule is CCC(C)N1CCN(C(=O)C2CCc3nc(N(CC)CC)ncc3C2)CC1. The average Bonchev–Trinajstić information content (AvgIpc) is 2.73. The minimum absolute atomic E-state index is 0.0931. The first-order valence-corrected chi connectivity index (χ1v) is 10.7. The number of carbonyl (C=O) groups excluding carboxylic acids is 1. The van der Waals surface area contributed by atoms with E-state index in [0.29, 0.717) is 11.9 Å². The number of piperazine rings is 1. The van der Waals surface area contributed by atoms with E-state index < -0.39 is 0 Å². The van der Waals surface area contributed by atoms with Crippen LogP contribution in [0.25, 0.3) is 0 Å². The lowest BCUT2D eigenvalue weighted by molar-refractivity contribution is -0.138. The Morgan fingerprint density at radius 2 is 1.93 bits per heavy atom. The van der Waals surface area contributed by atoms with E-state index in [4.69, 9.17) is 4.98 Å². The zero-order valence-electron chi connectivity index (χ0n) is 17.4. The molecule has 6 nitrogen and oxygen atoms in total.